The molecular formula is C22H24O7. The predicted octanol–water partition coefficient (Wildman–Crippen LogP) is 4.04. The zero-order chi connectivity index (χ0) is 21.3. The number of ether oxygens (including phenoxy) is 3. The summed E-state index contributed by atoms with van der Waals surface area (Å²) in [6.07, 6.45) is 1.35. The van der Waals surface area contributed by atoms with Gasteiger partial charge in [-0.05, 0) is 32.4 Å². The number of rotatable bonds is 5. The molecule has 29 heavy (non-hydrogen) atoms. The molecule has 3 rings (SSSR count). The Labute approximate surface area is 168 Å². The van der Waals surface area contributed by atoms with Crippen molar-refractivity contribution in [2.24, 2.45) is 0 Å². The van der Waals surface area contributed by atoms with E-state index < -0.39 is 17.6 Å². The minimum atomic E-state index is -0.908. The van der Waals surface area contributed by atoms with Crippen LogP contribution in [0.15, 0.2) is 29.8 Å². The Balaban J connectivity index is 2.19. The van der Waals surface area contributed by atoms with Gasteiger partial charge in [0.1, 0.15) is 23.4 Å². The van der Waals surface area contributed by atoms with Crippen molar-refractivity contribution in [1.82, 2.24) is 0 Å². The molecule has 1 unspecified atom stereocenters. The maximum Gasteiger partial charge on any atom is 0.201 e. The molecule has 1 atom stereocenters. The number of benzene rings is 2. The molecule has 0 spiro atoms. The smallest absolute Gasteiger partial charge is 0.201 e. The SMILES string of the molecule is COc1c(O)c(O)c(C2CC(=O)c3ccc(O)cc3O2)c(OC)c1CC=C(C)C. The minimum Gasteiger partial charge on any atom is -0.508 e. The third-order valence-electron chi connectivity index (χ3n) is 4.84. The lowest BCUT2D eigenvalue weighted by molar-refractivity contribution is 0.0842. The average Bonchev–Trinajstić information content (AvgIpc) is 2.67. The molecule has 0 saturated heterocycles. The van der Waals surface area contributed by atoms with Gasteiger partial charge in [-0.15, -0.1) is 0 Å². The molecule has 154 valence electrons. The van der Waals surface area contributed by atoms with Crippen LogP contribution in [0.25, 0.3) is 0 Å². The molecule has 3 N–H and O–H groups in total. The van der Waals surface area contributed by atoms with E-state index in [1.165, 1.54) is 32.4 Å². The summed E-state index contributed by atoms with van der Waals surface area (Å²) in [7, 11) is 2.82. The third-order valence-corrected chi connectivity index (χ3v) is 4.84. The van der Waals surface area contributed by atoms with Gasteiger partial charge in [0.25, 0.3) is 0 Å². The molecule has 0 radical (unpaired) electrons. The lowest BCUT2D eigenvalue weighted by Crippen LogP contribution is -2.21. The monoisotopic (exact) mass is 400 g/mol. The summed E-state index contributed by atoms with van der Waals surface area (Å²) in [5.74, 6) is -0.598. The van der Waals surface area contributed by atoms with Crippen molar-refractivity contribution in [2.75, 3.05) is 14.2 Å². The summed E-state index contributed by atoms with van der Waals surface area (Å²) in [6.45, 7) is 3.87. The molecule has 0 fully saturated rings. The molecule has 1 aliphatic rings. The Morgan fingerprint density at radius 2 is 1.83 bits per heavy atom. The molecule has 7 nitrogen and oxygen atoms in total. The van der Waals surface area contributed by atoms with E-state index in [1.54, 1.807) is 0 Å². The van der Waals surface area contributed by atoms with Crippen LogP contribution in [0.1, 0.15) is 47.9 Å². The van der Waals surface area contributed by atoms with Gasteiger partial charge in [-0.1, -0.05) is 11.6 Å². The number of ketones is 1. The van der Waals surface area contributed by atoms with Crippen LogP contribution in [0.3, 0.4) is 0 Å². The van der Waals surface area contributed by atoms with Crippen LogP contribution in [0.5, 0.6) is 34.5 Å². The highest BCUT2D eigenvalue weighted by atomic mass is 16.5. The van der Waals surface area contributed by atoms with Gasteiger partial charge in [-0.25, -0.2) is 0 Å². The summed E-state index contributed by atoms with van der Waals surface area (Å²) in [6, 6.07) is 4.25. The van der Waals surface area contributed by atoms with Crippen molar-refractivity contribution < 1.29 is 34.3 Å². The van der Waals surface area contributed by atoms with E-state index >= 15 is 0 Å². The fourth-order valence-electron chi connectivity index (χ4n) is 3.47. The first-order valence-electron chi connectivity index (χ1n) is 9.13. The van der Waals surface area contributed by atoms with Crippen molar-refractivity contribution >= 4 is 5.78 Å². The van der Waals surface area contributed by atoms with Crippen LogP contribution >= 0.6 is 0 Å². The number of methoxy groups -OCH3 is 2. The van der Waals surface area contributed by atoms with Gasteiger partial charge < -0.3 is 29.5 Å². The van der Waals surface area contributed by atoms with Crippen LogP contribution in [-0.2, 0) is 6.42 Å². The summed E-state index contributed by atoms with van der Waals surface area (Å²) < 4.78 is 16.8. The maximum absolute atomic E-state index is 12.6. The zero-order valence-electron chi connectivity index (χ0n) is 16.8. The van der Waals surface area contributed by atoms with Crippen LogP contribution in [-0.4, -0.2) is 35.3 Å². The van der Waals surface area contributed by atoms with E-state index in [9.17, 15) is 20.1 Å². The van der Waals surface area contributed by atoms with Gasteiger partial charge in [0.05, 0.1) is 31.8 Å². The maximum atomic E-state index is 12.6. The first kappa shape index (κ1) is 20.4. The van der Waals surface area contributed by atoms with Crippen LogP contribution < -0.4 is 14.2 Å². The van der Waals surface area contributed by atoms with Gasteiger partial charge in [-0.3, -0.25) is 4.79 Å². The number of hydrogen-bond donors (Lipinski definition) is 3. The molecule has 1 heterocycles. The molecule has 0 amide bonds. The Kier molecular flexibility index (Phi) is 5.59. The van der Waals surface area contributed by atoms with E-state index in [2.05, 4.69) is 0 Å². The molecular weight excluding hydrogens is 376 g/mol. The Morgan fingerprint density at radius 3 is 2.45 bits per heavy atom. The molecule has 0 aliphatic carbocycles. The Morgan fingerprint density at radius 1 is 1.14 bits per heavy atom. The number of hydrogen-bond acceptors (Lipinski definition) is 7. The highest BCUT2D eigenvalue weighted by Crippen LogP contribution is 2.52. The first-order valence-corrected chi connectivity index (χ1v) is 9.13. The second-order valence-corrected chi connectivity index (χ2v) is 7.06. The second kappa shape index (κ2) is 7.95. The largest absolute Gasteiger partial charge is 0.508 e. The Bertz CT molecular complexity index is 987. The topological polar surface area (TPSA) is 105 Å². The standard InChI is InChI=1S/C22H24O7/c1-11(2)5-7-14-21(27-3)18(19(25)20(26)22(14)28-4)17-10-15(24)13-8-6-12(23)9-16(13)29-17/h5-6,8-9,17,23,25-26H,7,10H2,1-4H3. The van der Waals surface area contributed by atoms with Gasteiger partial charge >= 0.3 is 0 Å². The quantitative estimate of drug-likeness (QED) is 0.514. The average molecular weight is 400 g/mol. The molecule has 1 aliphatic heterocycles. The predicted molar refractivity (Wildman–Crippen MR) is 106 cm³/mol. The Hall–Kier alpha value is -3.35. The summed E-state index contributed by atoms with van der Waals surface area (Å²) in [5, 5.41) is 31.0. The third kappa shape index (κ3) is 3.68. The fourth-order valence-corrected chi connectivity index (χ4v) is 3.47. The van der Waals surface area contributed by atoms with Crippen molar-refractivity contribution in [3.05, 3.63) is 46.5 Å². The van der Waals surface area contributed by atoms with Crippen molar-refractivity contribution in [2.45, 2.75) is 32.8 Å². The highest BCUT2D eigenvalue weighted by molar-refractivity contribution is 6.00. The number of Topliss-reactive ketones (excluding diaryl/α,β-unsaturated/α-hetero) is 1. The fraction of sp³-hybridized carbons (Fsp3) is 0.318. The van der Waals surface area contributed by atoms with Crippen molar-refractivity contribution in [3.8, 4) is 34.5 Å². The number of carbonyl (C=O) groups excluding carboxylic acids is 1. The molecule has 7 heteroatoms. The van der Waals surface area contributed by atoms with E-state index in [1.807, 2.05) is 19.9 Å². The molecule has 0 aromatic heterocycles. The number of phenolic OH excluding ortho intramolecular Hbond substituents is 3. The van der Waals surface area contributed by atoms with E-state index in [0.717, 1.165) is 5.57 Å². The van der Waals surface area contributed by atoms with Gasteiger partial charge in [-0.2, -0.15) is 0 Å². The number of carbonyl (C=O) groups is 1. The second-order valence-electron chi connectivity index (χ2n) is 7.06. The number of phenols is 3. The summed E-state index contributed by atoms with van der Waals surface area (Å²) in [4.78, 5) is 12.6. The van der Waals surface area contributed by atoms with Crippen molar-refractivity contribution in [3.63, 3.8) is 0 Å². The highest BCUT2D eigenvalue weighted by Gasteiger charge is 2.35. The minimum absolute atomic E-state index is 0.0461. The molecule has 2 aromatic carbocycles. The van der Waals surface area contributed by atoms with Gasteiger partial charge in [0.15, 0.2) is 17.3 Å². The van der Waals surface area contributed by atoms with E-state index in [-0.39, 0.29) is 40.8 Å². The van der Waals surface area contributed by atoms with E-state index in [0.29, 0.717) is 17.5 Å². The van der Waals surface area contributed by atoms with Gasteiger partial charge in [0.2, 0.25) is 5.75 Å². The zero-order valence-corrected chi connectivity index (χ0v) is 16.8. The van der Waals surface area contributed by atoms with Crippen molar-refractivity contribution in [1.29, 1.82) is 0 Å². The molecule has 0 saturated carbocycles. The number of aromatic hydroxyl groups is 3. The lowest BCUT2D eigenvalue weighted by atomic mass is 9.92. The number of fused-ring (bicyclic) bond motifs is 1. The first-order chi connectivity index (χ1) is 13.8. The molecule has 2 aromatic rings. The van der Waals surface area contributed by atoms with Crippen LogP contribution in [0.2, 0.25) is 0 Å². The number of allylic oxidation sites excluding steroid dienone is 2. The summed E-state index contributed by atoms with van der Waals surface area (Å²) in [5.41, 5.74) is 2.08. The van der Waals surface area contributed by atoms with Crippen LogP contribution in [0.4, 0.5) is 0 Å². The lowest BCUT2D eigenvalue weighted by Gasteiger charge is -2.29. The van der Waals surface area contributed by atoms with E-state index in [4.69, 9.17) is 14.2 Å². The van der Waals surface area contributed by atoms with Crippen LogP contribution in [0, 0.1) is 0 Å². The molecule has 0 bridgehead atoms. The van der Waals surface area contributed by atoms with Gasteiger partial charge in [0, 0.05) is 11.6 Å². The summed E-state index contributed by atoms with van der Waals surface area (Å²) >= 11 is 0. The normalized spacial score (nSPS) is 15.3.